The number of anilines is 1. The van der Waals surface area contributed by atoms with Crippen molar-refractivity contribution >= 4 is 11.6 Å². The summed E-state index contributed by atoms with van der Waals surface area (Å²) in [5, 5.41) is 9.92. The van der Waals surface area contributed by atoms with Crippen molar-refractivity contribution in [3.63, 3.8) is 0 Å². The van der Waals surface area contributed by atoms with E-state index >= 15 is 0 Å². The van der Waals surface area contributed by atoms with E-state index in [1.807, 2.05) is 29.2 Å². The largest absolute Gasteiger partial charge is 0.508 e. The van der Waals surface area contributed by atoms with E-state index in [1.54, 1.807) is 31.4 Å². The van der Waals surface area contributed by atoms with Gasteiger partial charge in [-0.3, -0.25) is 4.79 Å². The molecule has 1 aliphatic heterocycles. The molecule has 1 aliphatic carbocycles. The molecular weight excluding hydrogens is 452 g/mol. The van der Waals surface area contributed by atoms with Crippen molar-refractivity contribution in [1.82, 2.24) is 4.90 Å². The number of hydrogen-bond acceptors (Lipinski definition) is 5. The summed E-state index contributed by atoms with van der Waals surface area (Å²) < 4.78 is 11.9. The Morgan fingerprint density at radius 2 is 1.75 bits per heavy atom. The zero-order chi connectivity index (χ0) is 24.9. The summed E-state index contributed by atoms with van der Waals surface area (Å²) in [7, 11) is 1.68. The summed E-state index contributed by atoms with van der Waals surface area (Å²) in [6.07, 6.45) is 5.59. The molecule has 0 bridgehead atoms. The highest BCUT2D eigenvalue weighted by atomic mass is 16.5. The van der Waals surface area contributed by atoms with Gasteiger partial charge in [0.25, 0.3) is 5.91 Å². The van der Waals surface area contributed by atoms with Gasteiger partial charge in [-0.05, 0) is 68.0 Å². The summed E-state index contributed by atoms with van der Waals surface area (Å²) in [5.74, 6) is 1.60. The van der Waals surface area contributed by atoms with Crippen molar-refractivity contribution in [2.75, 3.05) is 31.6 Å². The number of carbonyl (C=O) groups is 1. The maximum Gasteiger partial charge on any atom is 0.254 e. The number of carbonyl (C=O) groups excluding carboxylic acids is 1. The Balaban J connectivity index is 1.39. The second kappa shape index (κ2) is 10.9. The van der Waals surface area contributed by atoms with Gasteiger partial charge < -0.3 is 24.4 Å². The van der Waals surface area contributed by atoms with Crippen molar-refractivity contribution in [2.45, 2.75) is 44.2 Å². The summed E-state index contributed by atoms with van der Waals surface area (Å²) in [6, 6.07) is 23.0. The molecule has 1 saturated heterocycles. The lowest BCUT2D eigenvalue weighted by atomic mass is 10.00. The minimum atomic E-state index is -0.0496. The molecule has 6 heteroatoms. The molecule has 1 saturated carbocycles. The first-order valence-corrected chi connectivity index (χ1v) is 12.8. The lowest BCUT2D eigenvalue weighted by Gasteiger charge is -2.43. The van der Waals surface area contributed by atoms with Crippen molar-refractivity contribution in [3.05, 3.63) is 83.9 Å². The van der Waals surface area contributed by atoms with Gasteiger partial charge in [-0.1, -0.05) is 36.4 Å². The Morgan fingerprint density at radius 3 is 2.50 bits per heavy atom. The Hall–Kier alpha value is -3.67. The zero-order valence-electron chi connectivity index (χ0n) is 20.8. The number of ether oxygens (including phenoxy) is 2. The minimum absolute atomic E-state index is 0.0164. The molecule has 3 aromatic rings. The SMILES string of the molecule is COc1ccc(N2CCN(C(=O)c3cccc(O)c3)C(Cc3ccccc3)C2)cc1OC1CCCC1. The normalized spacial score (nSPS) is 18.3. The smallest absolute Gasteiger partial charge is 0.254 e. The van der Waals surface area contributed by atoms with Crippen molar-refractivity contribution < 1.29 is 19.4 Å². The number of phenols is 1. The molecule has 36 heavy (non-hydrogen) atoms. The number of methoxy groups -OCH3 is 1. The molecule has 1 heterocycles. The number of piperazine rings is 1. The molecule has 188 valence electrons. The average Bonchev–Trinajstić information content (AvgIpc) is 3.42. The molecule has 1 atom stereocenters. The van der Waals surface area contributed by atoms with E-state index in [4.69, 9.17) is 9.47 Å². The Bertz CT molecular complexity index is 1180. The highest BCUT2D eigenvalue weighted by Crippen LogP contribution is 2.36. The minimum Gasteiger partial charge on any atom is -0.508 e. The Morgan fingerprint density at radius 1 is 0.944 bits per heavy atom. The molecule has 2 fully saturated rings. The monoisotopic (exact) mass is 486 g/mol. The second-order valence-corrected chi connectivity index (χ2v) is 9.70. The quantitative estimate of drug-likeness (QED) is 0.491. The van der Waals surface area contributed by atoms with Gasteiger partial charge in [0, 0.05) is 37.0 Å². The second-order valence-electron chi connectivity index (χ2n) is 9.70. The highest BCUT2D eigenvalue weighted by Gasteiger charge is 2.32. The predicted molar refractivity (Wildman–Crippen MR) is 141 cm³/mol. The Kier molecular flexibility index (Phi) is 7.31. The fourth-order valence-corrected chi connectivity index (χ4v) is 5.36. The first kappa shape index (κ1) is 24.0. The standard InChI is InChI=1S/C30H34N2O4/c1-35-28-15-14-24(20-29(28)36-27-12-5-6-13-27)31-16-17-32(30(34)23-10-7-11-26(33)19-23)25(21-31)18-22-8-3-2-4-9-22/h2-4,7-11,14-15,19-20,25,27,33H,5-6,12-13,16-18,21H2,1H3. The van der Waals surface area contributed by atoms with Crippen LogP contribution in [-0.2, 0) is 6.42 Å². The van der Waals surface area contributed by atoms with Crippen LogP contribution in [0.2, 0.25) is 0 Å². The van der Waals surface area contributed by atoms with Crippen LogP contribution in [0.5, 0.6) is 17.2 Å². The third kappa shape index (κ3) is 5.43. The maximum absolute atomic E-state index is 13.5. The maximum atomic E-state index is 13.5. The van der Waals surface area contributed by atoms with Gasteiger partial charge in [0.15, 0.2) is 11.5 Å². The number of hydrogen-bond donors (Lipinski definition) is 1. The third-order valence-corrected chi connectivity index (χ3v) is 7.26. The molecule has 0 aromatic heterocycles. The lowest BCUT2D eigenvalue weighted by Crippen LogP contribution is -2.56. The van der Waals surface area contributed by atoms with Crippen LogP contribution >= 0.6 is 0 Å². The van der Waals surface area contributed by atoms with E-state index in [2.05, 4.69) is 29.2 Å². The van der Waals surface area contributed by atoms with Crippen LogP contribution in [0.4, 0.5) is 5.69 Å². The van der Waals surface area contributed by atoms with Crippen molar-refractivity contribution in [1.29, 1.82) is 0 Å². The van der Waals surface area contributed by atoms with Crippen molar-refractivity contribution in [3.8, 4) is 17.2 Å². The van der Waals surface area contributed by atoms with Gasteiger partial charge in [0.1, 0.15) is 5.75 Å². The molecule has 2 aliphatic rings. The highest BCUT2D eigenvalue weighted by molar-refractivity contribution is 5.95. The van der Waals surface area contributed by atoms with Crippen LogP contribution < -0.4 is 14.4 Å². The number of benzene rings is 3. The first-order valence-electron chi connectivity index (χ1n) is 12.8. The Labute approximate surface area is 213 Å². The van der Waals surface area contributed by atoms with E-state index < -0.39 is 0 Å². The molecular formula is C30H34N2O4. The fraction of sp³-hybridized carbons (Fsp3) is 0.367. The van der Waals surface area contributed by atoms with E-state index in [9.17, 15) is 9.90 Å². The van der Waals surface area contributed by atoms with Gasteiger partial charge >= 0.3 is 0 Å². The fourth-order valence-electron chi connectivity index (χ4n) is 5.36. The summed E-state index contributed by atoms with van der Waals surface area (Å²) in [5.41, 5.74) is 2.78. The van der Waals surface area contributed by atoms with Gasteiger partial charge in [0.05, 0.1) is 19.3 Å². The number of nitrogens with zero attached hydrogens (tertiary/aromatic N) is 2. The topological polar surface area (TPSA) is 62.2 Å². The molecule has 1 N–H and O–H groups in total. The molecule has 6 nitrogen and oxygen atoms in total. The molecule has 0 radical (unpaired) electrons. The number of phenolic OH excluding ortho intramolecular Hbond substituents is 1. The number of rotatable bonds is 7. The van der Waals surface area contributed by atoms with Crippen LogP contribution in [0.25, 0.3) is 0 Å². The predicted octanol–water partition coefficient (Wildman–Crippen LogP) is 5.30. The van der Waals surface area contributed by atoms with Crippen LogP contribution in [-0.4, -0.2) is 54.8 Å². The van der Waals surface area contributed by atoms with Gasteiger partial charge in [0.2, 0.25) is 0 Å². The number of amides is 1. The summed E-state index contributed by atoms with van der Waals surface area (Å²) >= 11 is 0. The molecule has 5 rings (SSSR count). The summed E-state index contributed by atoms with van der Waals surface area (Å²) in [4.78, 5) is 17.8. The van der Waals surface area contributed by atoms with E-state index in [1.165, 1.54) is 18.4 Å². The molecule has 1 unspecified atom stereocenters. The van der Waals surface area contributed by atoms with Crippen LogP contribution in [0.3, 0.4) is 0 Å². The van der Waals surface area contributed by atoms with E-state index in [-0.39, 0.29) is 23.8 Å². The van der Waals surface area contributed by atoms with Gasteiger partial charge in [-0.15, -0.1) is 0 Å². The van der Waals surface area contributed by atoms with Gasteiger partial charge in [-0.2, -0.15) is 0 Å². The third-order valence-electron chi connectivity index (χ3n) is 7.26. The van der Waals surface area contributed by atoms with Crippen LogP contribution in [0.1, 0.15) is 41.6 Å². The molecule has 0 spiro atoms. The zero-order valence-corrected chi connectivity index (χ0v) is 20.8. The van der Waals surface area contributed by atoms with E-state index in [0.717, 1.165) is 36.4 Å². The van der Waals surface area contributed by atoms with Crippen molar-refractivity contribution in [2.24, 2.45) is 0 Å². The lowest BCUT2D eigenvalue weighted by molar-refractivity contribution is 0.0656. The number of aromatic hydroxyl groups is 1. The van der Waals surface area contributed by atoms with Crippen LogP contribution in [0.15, 0.2) is 72.8 Å². The van der Waals surface area contributed by atoms with Crippen LogP contribution in [0, 0.1) is 0 Å². The van der Waals surface area contributed by atoms with Gasteiger partial charge in [-0.25, -0.2) is 0 Å². The molecule has 3 aromatic carbocycles. The van der Waals surface area contributed by atoms with E-state index in [0.29, 0.717) is 25.2 Å². The molecule has 1 amide bonds. The average molecular weight is 487 g/mol. The summed E-state index contributed by atoms with van der Waals surface area (Å²) in [6.45, 7) is 2.01. The first-order chi connectivity index (χ1) is 17.6.